The van der Waals surface area contributed by atoms with E-state index >= 15 is 0 Å². The summed E-state index contributed by atoms with van der Waals surface area (Å²) in [4.78, 5) is 11.0. The van der Waals surface area contributed by atoms with Gasteiger partial charge in [-0.2, -0.15) is 0 Å². The van der Waals surface area contributed by atoms with E-state index in [-0.39, 0.29) is 6.42 Å². The summed E-state index contributed by atoms with van der Waals surface area (Å²) in [6.07, 6.45) is -0.902. The van der Waals surface area contributed by atoms with Crippen molar-refractivity contribution in [1.29, 1.82) is 0 Å². The van der Waals surface area contributed by atoms with Gasteiger partial charge >= 0.3 is 5.97 Å². The fourth-order valence-electron chi connectivity index (χ4n) is 1.43. The topological polar surface area (TPSA) is 55.8 Å². The first-order valence-corrected chi connectivity index (χ1v) is 4.98. The van der Waals surface area contributed by atoms with Crippen LogP contribution < -0.4 is 4.74 Å². The zero-order valence-corrected chi connectivity index (χ0v) is 9.69. The van der Waals surface area contributed by atoms with E-state index in [0.29, 0.717) is 0 Å². The predicted molar refractivity (Wildman–Crippen MR) is 59.5 cm³/mol. The minimum Gasteiger partial charge on any atom is -0.496 e. The molecule has 1 unspecified atom stereocenters. The van der Waals surface area contributed by atoms with E-state index in [1.165, 1.54) is 7.11 Å². The quantitative estimate of drug-likeness (QED) is 0.777. The van der Waals surface area contributed by atoms with Crippen LogP contribution in [0.5, 0.6) is 5.75 Å². The van der Waals surface area contributed by atoms with Crippen LogP contribution in [0, 0.1) is 6.92 Å². The lowest BCUT2D eigenvalue weighted by Gasteiger charge is -2.10. The Hall–Kier alpha value is -1.55. The standard InChI is InChI=1S/C12H16O4/c1-8-4-5-9(7-11(8)15-2)6-10(13)12(14)16-3/h4-5,7,10,13H,6H2,1-3H3. The van der Waals surface area contributed by atoms with Crippen molar-refractivity contribution in [3.8, 4) is 5.75 Å². The molecule has 0 aliphatic rings. The molecule has 88 valence electrons. The van der Waals surface area contributed by atoms with Crippen molar-refractivity contribution in [2.24, 2.45) is 0 Å². The SMILES string of the molecule is COC(=O)C(O)Cc1ccc(C)c(OC)c1. The maximum Gasteiger partial charge on any atom is 0.335 e. The highest BCUT2D eigenvalue weighted by atomic mass is 16.5. The first-order chi connectivity index (χ1) is 7.58. The Bertz CT molecular complexity index is 373. The number of benzene rings is 1. The lowest BCUT2D eigenvalue weighted by Crippen LogP contribution is -2.24. The molecule has 0 radical (unpaired) electrons. The molecule has 0 spiro atoms. The average Bonchev–Trinajstić information content (AvgIpc) is 2.30. The monoisotopic (exact) mass is 224 g/mol. The second-order valence-corrected chi connectivity index (χ2v) is 3.55. The number of carbonyl (C=O) groups is 1. The van der Waals surface area contributed by atoms with Crippen LogP contribution in [0.3, 0.4) is 0 Å². The predicted octanol–water partition coefficient (Wildman–Crippen LogP) is 1.08. The van der Waals surface area contributed by atoms with Gasteiger partial charge in [0.1, 0.15) is 5.75 Å². The third-order valence-electron chi connectivity index (χ3n) is 2.37. The van der Waals surface area contributed by atoms with E-state index in [1.807, 2.05) is 25.1 Å². The van der Waals surface area contributed by atoms with Gasteiger partial charge in [0, 0.05) is 6.42 Å². The molecular weight excluding hydrogens is 208 g/mol. The third-order valence-corrected chi connectivity index (χ3v) is 2.37. The van der Waals surface area contributed by atoms with Crippen LogP contribution in [0.4, 0.5) is 0 Å². The number of aryl methyl sites for hydroxylation is 1. The molecule has 1 aromatic carbocycles. The number of rotatable bonds is 4. The second-order valence-electron chi connectivity index (χ2n) is 3.55. The first kappa shape index (κ1) is 12.5. The summed E-state index contributed by atoms with van der Waals surface area (Å²) in [5.74, 6) is 0.120. The summed E-state index contributed by atoms with van der Waals surface area (Å²) < 4.78 is 9.60. The third kappa shape index (κ3) is 2.97. The van der Waals surface area contributed by atoms with Crippen molar-refractivity contribution in [3.05, 3.63) is 29.3 Å². The van der Waals surface area contributed by atoms with Gasteiger partial charge in [-0.3, -0.25) is 0 Å². The van der Waals surface area contributed by atoms with Crippen LogP contribution in [0.25, 0.3) is 0 Å². The van der Waals surface area contributed by atoms with Gasteiger partial charge < -0.3 is 14.6 Å². The molecule has 0 amide bonds. The van der Waals surface area contributed by atoms with Gasteiger partial charge in [0.05, 0.1) is 14.2 Å². The largest absolute Gasteiger partial charge is 0.496 e. The van der Waals surface area contributed by atoms with E-state index in [4.69, 9.17) is 4.74 Å². The molecule has 1 rings (SSSR count). The van der Waals surface area contributed by atoms with Crippen molar-refractivity contribution in [1.82, 2.24) is 0 Å². The maximum atomic E-state index is 11.0. The van der Waals surface area contributed by atoms with Gasteiger partial charge in [-0.1, -0.05) is 12.1 Å². The smallest absolute Gasteiger partial charge is 0.335 e. The van der Waals surface area contributed by atoms with Crippen molar-refractivity contribution < 1.29 is 19.4 Å². The molecule has 4 nitrogen and oxygen atoms in total. The molecule has 0 heterocycles. The average molecular weight is 224 g/mol. The number of aliphatic hydroxyl groups is 1. The molecule has 0 fully saturated rings. The number of aliphatic hydroxyl groups excluding tert-OH is 1. The lowest BCUT2D eigenvalue weighted by molar-refractivity contribution is -0.150. The number of esters is 1. The zero-order valence-electron chi connectivity index (χ0n) is 9.69. The van der Waals surface area contributed by atoms with Gasteiger partial charge in [-0.25, -0.2) is 4.79 Å². The molecule has 0 saturated heterocycles. The van der Waals surface area contributed by atoms with Crippen molar-refractivity contribution in [2.75, 3.05) is 14.2 Å². The molecule has 1 atom stereocenters. The number of methoxy groups -OCH3 is 2. The highest BCUT2D eigenvalue weighted by Gasteiger charge is 2.16. The Balaban J connectivity index is 2.78. The Morgan fingerprint density at radius 3 is 2.69 bits per heavy atom. The zero-order chi connectivity index (χ0) is 12.1. The molecular formula is C12H16O4. The molecule has 4 heteroatoms. The second kappa shape index (κ2) is 5.51. The summed E-state index contributed by atoms with van der Waals surface area (Å²) >= 11 is 0. The van der Waals surface area contributed by atoms with E-state index in [2.05, 4.69) is 4.74 Å². The molecule has 1 aromatic rings. The molecule has 0 saturated carbocycles. The van der Waals surface area contributed by atoms with Crippen LogP contribution in [-0.4, -0.2) is 31.4 Å². The Morgan fingerprint density at radius 1 is 1.44 bits per heavy atom. The van der Waals surface area contributed by atoms with E-state index < -0.39 is 12.1 Å². The van der Waals surface area contributed by atoms with Crippen LogP contribution in [0.1, 0.15) is 11.1 Å². The fraction of sp³-hybridized carbons (Fsp3) is 0.417. The minimum atomic E-state index is -1.13. The number of hydrogen-bond acceptors (Lipinski definition) is 4. The van der Waals surface area contributed by atoms with Crippen LogP contribution >= 0.6 is 0 Å². The van der Waals surface area contributed by atoms with Crippen molar-refractivity contribution >= 4 is 5.97 Å². The Morgan fingerprint density at radius 2 is 2.12 bits per heavy atom. The van der Waals surface area contributed by atoms with Gasteiger partial charge in [-0.15, -0.1) is 0 Å². The molecule has 0 aromatic heterocycles. The van der Waals surface area contributed by atoms with E-state index in [1.54, 1.807) is 7.11 Å². The summed E-state index contributed by atoms with van der Waals surface area (Å²) in [7, 11) is 2.84. The lowest BCUT2D eigenvalue weighted by atomic mass is 10.1. The van der Waals surface area contributed by atoms with Crippen molar-refractivity contribution in [3.63, 3.8) is 0 Å². The van der Waals surface area contributed by atoms with Gasteiger partial charge in [0.15, 0.2) is 6.10 Å². The first-order valence-electron chi connectivity index (χ1n) is 4.98. The number of hydrogen-bond donors (Lipinski definition) is 1. The number of carbonyl (C=O) groups excluding carboxylic acids is 1. The molecule has 1 N–H and O–H groups in total. The minimum absolute atomic E-state index is 0.226. The van der Waals surface area contributed by atoms with Gasteiger partial charge in [-0.05, 0) is 24.1 Å². The van der Waals surface area contributed by atoms with Crippen LogP contribution in [-0.2, 0) is 16.0 Å². The molecule has 16 heavy (non-hydrogen) atoms. The van der Waals surface area contributed by atoms with Crippen LogP contribution in [0.2, 0.25) is 0 Å². The summed E-state index contributed by atoms with van der Waals surface area (Å²) in [6.45, 7) is 1.93. The number of ether oxygens (including phenoxy) is 2. The highest BCUT2D eigenvalue weighted by molar-refractivity contribution is 5.74. The van der Waals surface area contributed by atoms with Crippen molar-refractivity contribution in [2.45, 2.75) is 19.4 Å². The van der Waals surface area contributed by atoms with Gasteiger partial charge in [0.2, 0.25) is 0 Å². The van der Waals surface area contributed by atoms with Gasteiger partial charge in [0.25, 0.3) is 0 Å². The Kier molecular flexibility index (Phi) is 4.31. The summed E-state index contributed by atoms with van der Waals surface area (Å²) in [5.41, 5.74) is 1.85. The van der Waals surface area contributed by atoms with E-state index in [0.717, 1.165) is 16.9 Å². The molecule has 0 aliphatic heterocycles. The molecule has 0 bridgehead atoms. The Labute approximate surface area is 94.8 Å². The fourth-order valence-corrected chi connectivity index (χ4v) is 1.43. The normalized spacial score (nSPS) is 12.0. The molecule has 0 aliphatic carbocycles. The van der Waals surface area contributed by atoms with Crippen LogP contribution in [0.15, 0.2) is 18.2 Å². The summed E-state index contributed by atoms with van der Waals surface area (Å²) in [6, 6.07) is 5.55. The van der Waals surface area contributed by atoms with E-state index in [9.17, 15) is 9.90 Å². The summed E-state index contributed by atoms with van der Waals surface area (Å²) in [5, 5.41) is 9.49. The highest BCUT2D eigenvalue weighted by Crippen LogP contribution is 2.19. The maximum absolute atomic E-state index is 11.0.